The van der Waals surface area contributed by atoms with Crippen LogP contribution in [-0.2, 0) is 19.1 Å². The minimum atomic E-state index is -0.777. The van der Waals surface area contributed by atoms with Crippen LogP contribution >= 0.6 is 0 Å². The second-order valence-electron chi connectivity index (χ2n) is 17.2. The molecule has 0 aromatic rings. The van der Waals surface area contributed by atoms with Crippen LogP contribution in [0, 0.1) is 0 Å². The molecule has 0 saturated carbocycles. The Morgan fingerprint density at radius 1 is 0.369 bits per heavy atom. The molecule has 5 heteroatoms. The highest BCUT2D eigenvalue weighted by Crippen LogP contribution is 2.14. The van der Waals surface area contributed by atoms with Crippen LogP contribution in [0.3, 0.4) is 0 Å². The largest absolute Gasteiger partial charge is 0.462 e. The highest BCUT2D eigenvalue weighted by atomic mass is 16.6. The molecular formula is C60H98O5. The van der Waals surface area contributed by atoms with Gasteiger partial charge in [-0.1, -0.05) is 245 Å². The van der Waals surface area contributed by atoms with Gasteiger partial charge in [0.05, 0.1) is 6.61 Å². The predicted octanol–water partition coefficient (Wildman–Crippen LogP) is 17.9. The molecule has 5 nitrogen and oxygen atoms in total. The van der Waals surface area contributed by atoms with Crippen LogP contribution in [-0.4, -0.2) is 36.4 Å². The zero-order chi connectivity index (χ0) is 47.0. The van der Waals surface area contributed by atoms with E-state index < -0.39 is 6.10 Å². The lowest BCUT2D eigenvalue weighted by molar-refractivity contribution is -0.161. The van der Waals surface area contributed by atoms with Gasteiger partial charge in [-0.2, -0.15) is 0 Å². The van der Waals surface area contributed by atoms with Gasteiger partial charge >= 0.3 is 11.9 Å². The Labute approximate surface area is 401 Å². The number of rotatable bonds is 47. The third kappa shape index (κ3) is 52.8. The highest BCUT2D eigenvalue weighted by molar-refractivity contribution is 5.70. The van der Waals surface area contributed by atoms with Crippen molar-refractivity contribution < 1.29 is 24.2 Å². The molecule has 368 valence electrons. The number of hydrogen-bond donors (Lipinski definition) is 1. The first-order chi connectivity index (χ1) is 32.1. The van der Waals surface area contributed by atoms with Crippen LogP contribution < -0.4 is 0 Å². The fourth-order valence-corrected chi connectivity index (χ4v) is 7.05. The fourth-order valence-electron chi connectivity index (χ4n) is 7.05. The van der Waals surface area contributed by atoms with Crippen LogP contribution in [0.25, 0.3) is 0 Å². The fraction of sp³-hybridized carbons (Fsp3) is 0.633. The molecule has 1 atom stereocenters. The van der Waals surface area contributed by atoms with Crippen molar-refractivity contribution in [2.45, 2.75) is 232 Å². The normalized spacial score (nSPS) is 13.2. The van der Waals surface area contributed by atoms with E-state index >= 15 is 0 Å². The Balaban J connectivity index is 3.58. The summed E-state index contributed by atoms with van der Waals surface area (Å²) in [6, 6.07) is 0. The summed E-state index contributed by atoms with van der Waals surface area (Å²) in [7, 11) is 0. The van der Waals surface area contributed by atoms with Gasteiger partial charge < -0.3 is 14.6 Å². The summed E-state index contributed by atoms with van der Waals surface area (Å²) in [4.78, 5) is 24.3. The molecule has 1 N–H and O–H groups in total. The summed E-state index contributed by atoms with van der Waals surface area (Å²) < 4.78 is 10.6. The van der Waals surface area contributed by atoms with Gasteiger partial charge in [-0.05, 0) is 89.9 Å². The molecule has 0 spiro atoms. The Morgan fingerprint density at radius 3 is 1.00 bits per heavy atom. The second-order valence-corrected chi connectivity index (χ2v) is 17.2. The van der Waals surface area contributed by atoms with Gasteiger partial charge in [0.2, 0.25) is 0 Å². The van der Waals surface area contributed by atoms with Crippen molar-refractivity contribution in [1.29, 1.82) is 0 Å². The van der Waals surface area contributed by atoms with Gasteiger partial charge in [0.25, 0.3) is 0 Å². The first-order valence-electron chi connectivity index (χ1n) is 26.6. The molecule has 0 aromatic heterocycles. The minimum Gasteiger partial charge on any atom is -0.462 e. The molecule has 0 aliphatic heterocycles. The summed E-state index contributed by atoms with van der Waals surface area (Å²) in [5.41, 5.74) is 0. The third-order valence-corrected chi connectivity index (χ3v) is 11.0. The number of ether oxygens (including phenoxy) is 2. The number of carbonyl (C=O) groups is 2. The Bertz CT molecular complexity index is 1340. The monoisotopic (exact) mass is 899 g/mol. The average Bonchev–Trinajstić information content (AvgIpc) is 3.31. The van der Waals surface area contributed by atoms with Crippen LogP contribution in [0.4, 0.5) is 0 Å². The van der Waals surface area contributed by atoms with E-state index in [1.807, 2.05) is 0 Å². The van der Waals surface area contributed by atoms with Crippen molar-refractivity contribution >= 4 is 11.9 Å². The van der Waals surface area contributed by atoms with E-state index in [0.29, 0.717) is 12.8 Å². The van der Waals surface area contributed by atoms with E-state index in [-0.39, 0.29) is 25.2 Å². The molecule has 0 aromatic carbocycles. The number of allylic oxidation sites excluding steroid dienone is 20. The molecule has 0 fully saturated rings. The molecule has 0 rings (SSSR count). The standard InChI is InChI=1S/C60H98O5/c1-3-5-7-9-11-13-15-16-17-18-19-20-21-22-23-24-25-26-27-28-29-30-31-32-33-34-35-36-37-38-39-40-41-42-43-44-45-47-49-51-53-55-60(63)65-58(56-61)57-64-59(62)54-52-50-48-46-14-12-10-8-6-4-2/h5,7,11,13,16-17,19-20,22-23,25-26,28-29,31-32,34-35,37-38,58,61H,3-4,6,8-10,12,14-15,18,21,24,27,30,33,36,39-57H2,1-2H3/b7-5-,13-11-,17-16-,20-19-,23-22-,26-25-,29-28-,32-31-,35-34-,38-37-. The van der Waals surface area contributed by atoms with Gasteiger partial charge in [0.15, 0.2) is 6.10 Å². The summed E-state index contributed by atoms with van der Waals surface area (Å²) >= 11 is 0. The minimum absolute atomic E-state index is 0.0705. The molecular weight excluding hydrogens is 801 g/mol. The molecule has 1 unspecified atom stereocenters. The molecule has 0 heterocycles. The molecule has 0 bridgehead atoms. The van der Waals surface area contributed by atoms with Gasteiger partial charge in [0, 0.05) is 12.8 Å². The zero-order valence-corrected chi connectivity index (χ0v) is 42.0. The molecule has 0 radical (unpaired) electrons. The number of hydrogen-bond acceptors (Lipinski definition) is 5. The lowest BCUT2D eigenvalue weighted by atomic mass is 10.0. The smallest absolute Gasteiger partial charge is 0.306 e. The van der Waals surface area contributed by atoms with Gasteiger partial charge in [0.1, 0.15) is 6.61 Å². The Morgan fingerprint density at radius 2 is 0.662 bits per heavy atom. The van der Waals surface area contributed by atoms with Gasteiger partial charge in [-0.3, -0.25) is 9.59 Å². The lowest BCUT2D eigenvalue weighted by Gasteiger charge is -2.15. The van der Waals surface area contributed by atoms with E-state index in [4.69, 9.17) is 9.47 Å². The molecule has 0 saturated heterocycles. The first-order valence-corrected chi connectivity index (χ1v) is 26.6. The van der Waals surface area contributed by atoms with Crippen molar-refractivity contribution in [2.75, 3.05) is 13.2 Å². The number of aliphatic hydroxyl groups is 1. The van der Waals surface area contributed by atoms with Crippen molar-refractivity contribution in [3.8, 4) is 0 Å². The van der Waals surface area contributed by atoms with Crippen LogP contribution in [0.1, 0.15) is 226 Å². The summed E-state index contributed by atoms with van der Waals surface area (Å²) in [6.45, 7) is 4.00. The topological polar surface area (TPSA) is 72.8 Å². The van der Waals surface area contributed by atoms with Crippen LogP contribution in [0.15, 0.2) is 122 Å². The van der Waals surface area contributed by atoms with E-state index in [1.165, 1.54) is 96.3 Å². The molecule has 0 aliphatic carbocycles. The molecule has 0 amide bonds. The quantitative estimate of drug-likeness (QED) is 0.0374. The van der Waals surface area contributed by atoms with Gasteiger partial charge in [-0.15, -0.1) is 0 Å². The van der Waals surface area contributed by atoms with Crippen LogP contribution in [0.2, 0.25) is 0 Å². The predicted molar refractivity (Wildman–Crippen MR) is 283 cm³/mol. The van der Waals surface area contributed by atoms with Crippen molar-refractivity contribution in [3.05, 3.63) is 122 Å². The first kappa shape index (κ1) is 61.3. The average molecular weight is 899 g/mol. The van der Waals surface area contributed by atoms with Crippen molar-refractivity contribution in [1.82, 2.24) is 0 Å². The zero-order valence-electron chi connectivity index (χ0n) is 42.0. The van der Waals surface area contributed by atoms with Crippen LogP contribution in [0.5, 0.6) is 0 Å². The highest BCUT2D eigenvalue weighted by Gasteiger charge is 2.16. The SMILES string of the molecule is CC/C=C\C/C=C\C/C=C\C/C=C\C/C=C\C/C=C\C/C=C\C/C=C\C/C=C\C/C=C\CCCCCCCCCCCCC(=O)OC(CO)COC(=O)CCCCCCCCCCCC. The number of esters is 2. The second kappa shape index (κ2) is 54.6. The maximum absolute atomic E-state index is 12.2. The molecule has 0 aliphatic rings. The maximum Gasteiger partial charge on any atom is 0.306 e. The van der Waals surface area contributed by atoms with E-state index in [2.05, 4.69) is 135 Å². The number of carbonyl (C=O) groups excluding carboxylic acids is 2. The Hall–Kier alpha value is -3.70. The van der Waals surface area contributed by atoms with E-state index in [1.54, 1.807) is 0 Å². The lowest BCUT2D eigenvalue weighted by Crippen LogP contribution is -2.28. The maximum atomic E-state index is 12.2. The van der Waals surface area contributed by atoms with Crippen molar-refractivity contribution in [3.63, 3.8) is 0 Å². The summed E-state index contributed by atoms with van der Waals surface area (Å²) in [5.74, 6) is -0.601. The summed E-state index contributed by atoms with van der Waals surface area (Å²) in [5, 5.41) is 9.58. The molecule has 65 heavy (non-hydrogen) atoms. The van der Waals surface area contributed by atoms with E-state index in [0.717, 1.165) is 103 Å². The number of unbranched alkanes of at least 4 members (excludes halogenated alkanes) is 19. The van der Waals surface area contributed by atoms with E-state index in [9.17, 15) is 14.7 Å². The summed E-state index contributed by atoms with van der Waals surface area (Å²) in [6.07, 6.45) is 80.3. The van der Waals surface area contributed by atoms with Crippen molar-refractivity contribution in [2.24, 2.45) is 0 Å². The number of aliphatic hydroxyl groups excluding tert-OH is 1. The van der Waals surface area contributed by atoms with Gasteiger partial charge in [-0.25, -0.2) is 0 Å². The third-order valence-electron chi connectivity index (χ3n) is 11.0. The Kier molecular flexibility index (Phi) is 51.5.